The van der Waals surface area contributed by atoms with Gasteiger partial charge < -0.3 is 13.4 Å². The highest BCUT2D eigenvalue weighted by Crippen LogP contribution is 2.44. The Kier molecular flexibility index (Phi) is 6.24. The minimum Gasteiger partial charge on any atom is -0.456 e. The second-order valence-electron chi connectivity index (χ2n) is 14.0. The Morgan fingerprint density at radius 3 is 1.82 bits per heavy atom. The first kappa shape index (κ1) is 29.9. The molecule has 0 bridgehead atoms. The minimum absolute atomic E-state index is 0.549. The van der Waals surface area contributed by atoms with E-state index in [4.69, 9.17) is 23.8 Å². The quantitative estimate of drug-likeness (QED) is 0.182. The number of aromatic nitrogens is 4. The molecule has 8 aromatic carbocycles. The van der Waals surface area contributed by atoms with Gasteiger partial charge >= 0.3 is 0 Å². The SMILES string of the molecule is c1ccc(-c2nc(-c3ccc4c(c3)oc3ccccc34)nc(-c3c(-n4c5ccccc5c5cc6ccccc6cc54)ccc4oc5ccccc5c34)n2)cc1. The van der Waals surface area contributed by atoms with Crippen LogP contribution in [0.5, 0.6) is 0 Å². The Morgan fingerprint density at radius 1 is 0.364 bits per heavy atom. The van der Waals surface area contributed by atoms with Gasteiger partial charge in [0.1, 0.15) is 22.3 Å². The number of fused-ring (bicyclic) bond motifs is 10. The van der Waals surface area contributed by atoms with Crippen molar-refractivity contribution in [3.05, 3.63) is 170 Å². The van der Waals surface area contributed by atoms with Crippen LogP contribution in [-0.4, -0.2) is 19.5 Å². The molecule has 0 N–H and O–H groups in total. The lowest BCUT2D eigenvalue weighted by molar-refractivity contribution is 0.668. The van der Waals surface area contributed by atoms with Crippen LogP contribution in [0.25, 0.3) is 116 Å². The Bertz CT molecular complexity index is 3500. The maximum atomic E-state index is 6.53. The lowest BCUT2D eigenvalue weighted by atomic mass is 10.0. The minimum atomic E-state index is 0.549. The topological polar surface area (TPSA) is 69.9 Å². The van der Waals surface area contributed by atoms with Gasteiger partial charge in [-0.05, 0) is 65.4 Å². The van der Waals surface area contributed by atoms with Gasteiger partial charge in [0, 0.05) is 43.4 Å². The van der Waals surface area contributed by atoms with Crippen molar-refractivity contribution in [1.82, 2.24) is 19.5 Å². The number of benzene rings is 8. The number of hydrogen-bond donors (Lipinski definition) is 0. The van der Waals surface area contributed by atoms with Crippen molar-refractivity contribution in [3.63, 3.8) is 0 Å². The molecule has 4 heterocycles. The van der Waals surface area contributed by atoms with E-state index in [1.807, 2.05) is 66.7 Å². The summed E-state index contributed by atoms with van der Waals surface area (Å²) in [5, 5.41) is 8.79. The summed E-state index contributed by atoms with van der Waals surface area (Å²) >= 11 is 0. The largest absolute Gasteiger partial charge is 0.456 e. The summed E-state index contributed by atoms with van der Waals surface area (Å²) in [6.45, 7) is 0. The zero-order valence-electron chi connectivity index (χ0n) is 29.3. The Labute approximate surface area is 313 Å². The van der Waals surface area contributed by atoms with Gasteiger partial charge in [0.2, 0.25) is 0 Å². The van der Waals surface area contributed by atoms with Gasteiger partial charge in [0.15, 0.2) is 17.5 Å². The van der Waals surface area contributed by atoms with Crippen molar-refractivity contribution < 1.29 is 8.83 Å². The highest BCUT2D eigenvalue weighted by molar-refractivity contribution is 6.17. The predicted octanol–water partition coefficient (Wildman–Crippen LogP) is 12.9. The van der Waals surface area contributed by atoms with Crippen molar-refractivity contribution in [1.29, 1.82) is 0 Å². The van der Waals surface area contributed by atoms with E-state index >= 15 is 0 Å². The second kappa shape index (κ2) is 11.5. The first-order chi connectivity index (χ1) is 27.2. The third-order valence-corrected chi connectivity index (χ3v) is 10.8. The molecule has 6 nitrogen and oxygen atoms in total. The first-order valence-corrected chi connectivity index (χ1v) is 18.4. The van der Waals surface area contributed by atoms with Gasteiger partial charge in [0.05, 0.1) is 22.3 Å². The summed E-state index contributed by atoms with van der Waals surface area (Å²) in [6, 6.07) is 58.6. The van der Waals surface area contributed by atoms with Crippen LogP contribution >= 0.6 is 0 Å². The predicted molar refractivity (Wildman–Crippen MR) is 223 cm³/mol. The average molecular weight is 705 g/mol. The van der Waals surface area contributed by atoms with Gasteiger partial charge in [-0.1, -0.05) is 115 Å². The molecule has 0 unspecified atom stereocenters. The molecule has 0 atom stereocenters. The maximum Gasteiger partial charge on any atom is 0.166 e. The third-order valence-electron chi connectivity index (χ3n) is 10.8. The van der Waals surface area contributed by atoms with Crippen LogP contribution in [0.4, 0.5) is 0 Å². The van der Waals surface area contributed by atoms with E-state index < -0.39 is 0 Å². The highest BCUT2D eigenvalue weighted by atomic mass is 16.3. The molecule has 55 heavy (non-hydrogen) atoms. The summed E-state index contributed by atoms with van der Waals surface area (Å²) in [5.74, 6) is 1.68. The molecule has 0 aliphatic rings. The van der Waals surface area contributed by atoms with Crippen molar-refractivity contribution in [2.45, 2.75) is 0 Å². The van der Waals surface area contributed by atoms with E-state index in [0.717, 1.165) is 77.3 Å². The molecule has 0 fully saturated rings. The third kappa shape index (κ3) is 4.52. The zero-order chi connectivity index (χ0) is 36.0. The molecular formula is C49H28N4O2. The molecule has 0 saturated carbocycles. The number of para-hydroxylation sites is 3. The number of rotatable bonds is 4. The molecule has 256 valence electrons. The second-order valence-corrected chi connectivity index (χ2v) is 14.0. The van der Waals surface area contributed by atoms with Crippen LogP contribution in [-0.2, 0) is 0 Å². The summed E-state index contributed by atoms with van der Waals surface area (Å²) in [6.07, 6.45) is 0. The fraction of sp³-hybridized carbons (Fsp3) is 0. The molecular weight excluding hydrogens is 677 g/mol. The summed E-state index contributed by atoms with van der Waals surface area (Å²) in [5.41, 5.74) is 8.92. The van der Waals surface area contributed by atoms with Gasteiger partial charge in [-0.25, -0.2) is 15.0 Å². The fourth-order valence-corrected chi connectivity index (χ4v) is 8.33. The molecule has 6 heteroatoms. The maximum absolute atomic E-state index is 6.53. The summed E-state index contributed by atoms with van der Waals surface area (Å²) < 4.78 is 15.2. The van der Waals surface area contributed by atoms with Crippen LogP contribution < -0.4 is 0 Å². The van der Waals surface area contributed by atoms with Crippen molar-refractivity contribution in [3.8, 4) is 39.9 Å². The van der Waals surface area contributed by atoms with Crippen LogP contribution in [0.2, 0.25) is 0 Å². The molecule has 0 aliphatic heterocycles. The van der Waals surface area contributed by atoms with E-state index in [-0.39, 0.29) is 0 Å². The highest BCUT2D eigenvalue weighted by Gasteiger charge is 2.25. The normalized spacial score (nSPS) is 12.0. The van der Waals surface area contributed by atoms with Gasteiger partial charge in [-0.2, -0.15) is 0 Å². The summed E-state index contributed by atoms with van der Waals surface area (Å²) in [4.78, 5) is 15.8. The van der Waals surface area contributed by atoms with Crippen molar-refractivity contribution in [2.75, 3.05) is 0 Å². The Morgan fingerprint density at radius 2 is 0.982 bits per heavy atom. The zero-order valence-corrected chi connectivity index (χ0v) is 29.3. The van der Waals surface area contributed by atoms with Gasteiger partial charge in [-0.3, -0.25) is 0 Å². The van der Waals surface area contributed by atoms with E-state index in [0.29, 0.717) is 17.5 Å². The molecule has 0 saturated heterocycles. The average Bonchev–Trinajstić information content (AvgIpc) is 3.91. The molecule has 0 spiro atoms. The van der Waals surface area contributed by atoms with Gasteiger partial charge in [-0.15, -0.1) is 0 Å². The van der Waals surface area contributed by atoms with Crippen LogP contribution in [0.15, 0.2) is 179 Å². The van der Waals surface area contributed by atoms with E-state index in [1.54, 1.807) is 0 Å². The monoisotopic (exact) mass is 704 g/mol. The number of nitrogens with zero attached hydrogens (tertiary/aromatic N) is 4. The Hall–Kier alpha value is -7.57. The van der Waals surface area contributed by atoms with Crippen LogP contribution in [0.3, 0.4) is 0 Å². The van der Waals surface area contributed by atoms with Crippen molar-refractivity contribution in [2.24, 2.45) is 0 Å². The fourth-order valence-electron chi connectivity index (χ4n) is 8.33. The molecule has 0 amide bonds. The van der Waals surface area contributed by atoms with E-state index in [2.05, 4.69) is 108 Å². The lowest BCUT2D eigenvalue weighted by Gasteiger charge is -2.16. The van der Waals surface area contributed by atoms with Crippen LogP contribution in [0, 0.1) is 0 Å². The Balaban J connectivity index is 1.21. The molecule has 12 aromatic rings. The van der Waals surface area contributed by atoms with Crippen LogP contribution in [0.1, 0.15) is 0 Å². The molecule has 0 aliphatic carbocycles. The van der Waals surface area contributed by atoms with E-state index in [9.17, 15) is 0 Å². The van der Waals surface area contributed by atoms with Gasteiger partial charge in [0.25, 0.3) is 0 Å². The lowest BCUT2D eigenvalue weighted by Crippen LogP contribution is -2.04. The van der Waals surface area contributed by atoms with E-state index in [1.165, 1.54) is 21.5 Å². The summed E-state index contributed by atoms with van der Waals surface area (Å²) in [7, 11) is 0. The smallest absolute Gasteiger partial charge is 0.166 e. The molecule has 0 radical (unpaired) electrons. The standard InChI is InChI=1S/C49H28N4O2/c1-2-12-29(13-3-1)47-50-48(32-22-23-35-34-17-7-10-20-41(34)55-44(35)28-32)52-49(51-47)46-39(24-25-43-45(46)36-18-8-11-21-42(36)54-43)53-38-19-9-6-16-33(38)37-26-30-14-4-5-15-31(30)27-40(37)53/h1-28H. The molecule has 12 rings (SSSR count). The van der Waals surface area contributed by atoms with Crippen molar-refractivity contribution >= 4 is 76.5 Å². The first-order valence-electron chi connectivity index (χ1n) is 18.4. The number of hydrogen-bond acceptors (Lipinski definition) is 5. The molecule has 4 aromatic heterocycles. The number of furan rings is 2.